The van der Waals surface area contributed by atoms with Gasteiger partial charge in [-0.15, -0.1) is 0 Å². The first kappa shape index (κ1) is 18.9. The fraction of sp³-hybridized carbons (Fsp3) is 0.294. The van der Waals surface area contributed by atoms with Crippen molar-refractivity contribution in [2.45, 2.75) is 25.7 Å². The molecule has 0 aliphatic carbocycles. The van der Waals surface area contributed by atoms with Gasteiger partial charge in [0, 0.05) is 30.9 Å². The van der Waals surface area contributed by atoms with Crippen LogP contribution < -0.4 is 5.32 Å². The Labute approximate surface area is 147 Å². The van der Waals surface area contributed by atoms with Crippen molar-refractivity contribution < 1.29 is 13.3 Å². The molecule has 0 unspecified atom stereocenters. The second kappa shape index (κ2) is 7.62. The Hall–Kier alpha value is -2.45. The molecule has 0 bridgehead atoms. The number of hydrogen-bond acceptors (Lipinski definition) is 5. The molecule has 7 nitrogen and oxygen atoms in total. The minimum absolute atomic E-state index is 0.105. The summed E-state index contributed by atoms with van der Waals surface area (Å²) in [5, 5.41) is 14.1. The third-order valence-electron chi connectivity index (χ3n) is 3.80. The van der Waals surface area contributed by atoms with Crippen LogP contribution >= 0.6 is 0 Å². The van der Waals surface area contributed by atoms with Crippen molar-refractivity contribution in [3.05, 3.63) is 58.1 Å². The molecule has 0 aliphatic heterocycles. The molecular formula is C17H21N3O4S. The molecule has 8 heteroatoms. The molecule has 0 saturated heterocycles. The van der Waals surface area contributed by atoms with Crippen LogP contribution in [0.2, 0.25) is 0 Å². The van der Waals surface area contributed by atoms with Gasteiger partial charge in [-0.05, 0) is 30.7 Å². The minimum atomic E-state index is -3.85. The number of nitrogens with one attached hydrogen (secondary N) is 1. The summed E-state index contributed by atoms with van der Waals surface area (Å²) in [5.41, 5.74) is 1.77. The lowest BCUT2D eigenvalue weighted by atomic mass is 10.2. The summed E-state index contributed by atoms with van der Waals surface area (Å²) in [4.78, 5) is 10.4. The van der Waals surface area contributed by atoms with Crippen molar-refractivity contribution in [1.29, 1.82) is 0 Å². The quantitative estimate of drug-likeness (QED) is 0.598. The first-order chi connectivity index (χ1) is 11.8. The third kappa shape index (κ3) is 4.15. The average Bonchev–Trinajstić information content (AvgIpc) is 2.55. The fourth-order valence-corrected chi connectivity index (χ4v) is 4.15. The molecule has 2 aromatic rings. The van der Waals surface area contributed by atoms with Gasteiger partial charge in [0.2, 0.25) is 10.0 Å². The Balaban J connectivity index is 2.58. The molecule has 0 amide bonds. The van der Waals surface area contributed by atoms with Crippen LogP contribution in [0.1, 0.15) is 19.4 Å². The van der Waals surface area contributed by atoms with Gasteiger partial charge in [-0.1, -0.05) is 26.0 Å². The van der Waals surface area contributed by atoms with E-state index >= 15 is 0 Å². The van der Waals surface area contributed by atoms with Crippen LogP contribution in [0.3, 0.4) is 0 Å². The lowest BCUT2D eigenvalue weighted by Gasteiger charge is -2.21. The molecule has 0 atom stereocenters. The molecule has 134 valence electrons. The molecule has 0 aliphatic rings. The van der Waals surface area contributed by atoms with Gasteiger partial charge in [0.25, 0.3) is 5.69 Å². The lowest BCUT2D eigenvalue weighted by molar-refractivity contribution is -0.385. The molecule has 0 aromatic heterocycles. The molecular weight excluding hydrogens is 342 g/mol. The number of hydrogen-bond donors (Lipinski definition) is 1. The molecule has 0 fully saturated rings. The van der Waals surface area contributed by atoms with E-state index in [1.54, 1.807) is 13.8 Å². The Morgan fingerprint density at radius 2 is 1.80 bits per heavy atom. The second-order valence-corrected chi connectivity index (χ2v) is 7.43. The number of nitrogens with zero attached hydrogens (tertiary/aromatic N) is 2. The minimum Gasteiger partial charge on any atom is -0.354 e. The standard InChI is InChI=1S/C17H21N3O4S/c1-4-19(5-2)25(23,24)17-12-15(20(21)22)9-10-16(17)18-14-8-6-7-13(3)11-14/h6-12,18H,4-5H2,1-3H3. The number of sulfonamides is 1. The van der Waals surface area contributed by atoms with Crippen molar-refractivity contribution in [2.75, 3.05) is 18.4 Å². The molecule has 25 heavy (non-hydrogen) atoms. The Bertz CT molecular complexity index is 877. The maximum atomic E-state index is 12.9. The zero-order valence-electron chi connectivity index (χ0n) is 14.4. The van der Waals surface area contributed by atoms with E-state index in [2.05, 4.69) is 5.32 Å². The summed E-state index contributed by atoms with van der Waals surface area (Å²) in [6.45, 7) is 5.95. The van der Waals surface area contributed by atoms with Gasteiger partial charge in [-0.25, -0.2) is 8.42 Å². The summed E-state index contributed by atoms with van der Waals surface area (Å²) in [7, 11) is -3.85. The number of benzene rings is 2. The van der Waals surface area contributed by atoms with Crippen molar-refractivity contribution >= 4 is 27.1 Å². The van der Waals surface area contributed by atoms with E-state index in [-0.39, 0.29) is 23.7 Å². The van der Waals surface area contributed by atoms with Gasteiger partial charge in [0.15, 0.2) is 0 Å². The van der Waals surface area contributed by atoms with Crippen LogP contribution in [0, 0.1) is 17.0 Å². The summed E-state index contributed by atoms with van der Waals surface area (Å²) in [6, 6.07) is 11.3. The van der Waals surface area contributed by atoms with Gasteiger partial charge < -0.3 is 5.32 Å². The first-order valence-electron chi connectivity index (χ1n) is 7.91. The topological polar surface area (TPSA) is 92.5 Å². The van der Waals surface area contributed by atoms with Gasteiger partial charge in [0.05, 0.1) is 10.6 Å². The Morgan fingerprint density at radius 1 is 1.12 bits per heavy atom. The zero-order valence-corrected chi connectivity index (χ0v) is 15.2. The highest BCUT2D eigenvalue weighted by Gasteiger charge is 2.27. The summed E-state index contributed by atoms with van der Waals surface area (Å²) in [5.74, 6) is 0. The summed E-state index contributed by atoms with van der Waals surface area (Å²) in [6.07, 6.45) is 0. The molecule has 0 saturated carbocycles. The van der Waals surface area contributed by atoms with E-state index in [9.17, 15) is 18.5 Å². The van der Waals surface area contributed by atoms with Gasteiger partial charge in [0.1, 0.15) is 4.90 Å². The van der Waals surface area contributed by atoms with E-state index in [1.807, 2.05) is 31.2 Å². The number of anilines is 2. The average molecular weight is 363 g/mol. The number of nitro benzene ring substituents is 1. The van der Waals surface area contributed by atoms with E-state index in [0.717, 1.165) is 11.6 Å². The Kier molecular flexibility index (Phi) is 5.76. The van der Waals surface area contributed by atoms with Crippen molar-refractivity contribution in [3.63, 3.8) is 0 Å². The number of aryl methyl sites for hydroxylation is 1. The highest BCUT2D eigenvalue weighted by atomic mass is 32.2. The number of nitro groups is 1. The highest BCUT2D eigenvalue weighted by Crippen LogP contribution is 2.31. The van der Waals surface area contributed by atoms with Crippen molar-refractivity contribution in [3.8, 4) is 0 Å². The SMILES string of the molecule is CCN(CC)S(=O)(=O)c1cc([N+](=O)[O-])ccc1Nc1cccc(C)c1. The molecule has 0 spiro atoms. The zero-order chi connectivity index (χ0) is 18.6. The van der Waals surface area contributed by atoms with E-state index in [0.29, 0.717) is 11.4 Å². The molecule has 0 radical (unpaired) electrons. The molecule has 2 aromatic carbocycles. The second-order valence-electron chi connectivity index (χ2n) is 5.52. The van der Waals surface area contributed by atoms with E-state index in [1.165, 1.54) is 16.4 Å². The van der Waals surface area contributed by atoms with Crippen LogP contribution in [0.25, 0.3) is 0 Å². The van der Waals surface area contributed by atoms with Gasteiger partial charge >= 0.3 is 0 Å². The third-order valence-corrected chi connectivity index (χ3v) is 5.89. The van der Waals surface area contributed by atoms with Crippen LogP contribution in [-0.2, 0) is 10.0 Å². The van der Waals surface area contributed by atoms with Crippen molar-refractivity contribution in [1.82, 2.24) is 4.31 Å². The maximum Gasteiger partial charge on any atom is 0.270 e. The van der Waals surface area contributed by atoms with Crippen LogP contribution in [-0.4, -0.2) is 30.7 Å². The predicted octanol–water partition coefficient (Wildman–Crippen LogP) is 3.68. The maximum absolute atomic E-state index is 12.9. The number of non-ortho nitro benzene ring substituents is 1. The van der Waals surface area contributed by atoms with Crippen LogP contribution in [0.15, 0.2) is 47.4 Å². The molecule has 0 heterocycles. The van der Waals surface area contributed by atoms with Gasteiger partial charge in [-0.3, -0.25) is 10.1 Å². The lowest BCUT2D eigenvalue weighted by Crippen LogP contribution is -2.31. The molecule has 1 N–H and O–H groups in total. The van der Waals surface area contributed by atoms with E-state index < -0.39 is 14.9 Å². The first-order valence-corrected chi connectivity index (χ1v) is 9.35. The number of rotatable bonds is 7. The predicted molar refractivity (Wildman–Crippen MR) is 97.7 cm³/mol. The highest BCUT2D eigenvalue weighted by molar-refractivity contribution is 7.89. The normalized spacial score (nSPS) is 11.5. The van der Waals surface area contributed by atoms with Gasteiger partial charge in [-0.2, -0.15) is 4.31 Å². The monoisotopic (exact) mass is 363 g/mol. The van der Waals surface area contributed by atoms with Crippen LogP contribution in [0.4, 0.5) is 17.1 Å². The largest absolute Gasteiger partial charge is 0.354 e. The fourth-order valence-electron chi connectivity index (χ4n) is 2.52. The van der Waals surface area contributed by atoms with Crippen molar-refractivity contribution in [2.24, 2.45) is 0 Å². The van der Waals surface area contributed by atoms with Crippen LogP contribution in [0.5, 0.6) is 0 Å². The Morgan fingerprint density at radius 3 is 2.36 bits per heavy atom. The smallest absolute Gasteiger partial charge is 0.270 e. The molecule has 2 rings (SSSR count). The summed E-state index contributed by atoms with van der Waals surface area (Å²) >= 11 is 0. The van der Waals surface area contributed by atoms with E-state index in [4.69, 9.17) is 0 Å². The summed E-state index contributed by atoms with van der Waals surface area (Å²) < 4.78 is 27.1.